The van der Waals surface area contributed by atoms with Gasteiger partial charge in [0.15, 0.2) is 0 Å². The van der Waals surface area contributed by atoms with E-state index in [1.165, 1.54) is 0 Å². The van der Waals surface area contributed by atoms with Crippen molar-refractivity contribution in [3.05, 3.63) is 32.6 Å². The Labute approximate surface area is 110 Å². The van der Waals surface area contributed by atoms with Crippen LogP contribution in [0.2, 0.25) is 0 Å². The van der Waals surface area contributed by atoms with Gasteiger partial charge in [-0.05, 0) is 60.4 Å². The molecule has 0 unspecified atom stereocenters. The van der Waals surface area contributed by atoms with Crippen LogP contribution >= 0.6 is 22.6 Å². The first-order valence-corrected chi connectivity index (χ1v) is 6.79. The molecule has 90 valence electrons. The molecule has 0 saturated heterocycles. The average Bonchev–Trinajstić information content (AvgIpc) is 2.28. The summed E-state index contributed by atoms with van der Waals surface area (Å²) >= 11 is 2.19. The highest BCUT2D eigenvalue weighted by molar-refractivity contribution is 14.1. The molecule has 0 aliphatic carbocycles. The van der Waals surface area contributed by atoms with E-state index in [4.69, 9.17) is 5.11 Å². The van der Waals surface area contributed by atoms with E-state index in [1.807, 2.05) is 12.1 Å². The van der Waals surface area contributed by atoms with Gasteiger partial charge < -0.3 is 5.11 Å². The van der Waals surface area contributed by atoms with Gasteiger partial charge in [0.1, 0.15) is 5.82 Å². The first kappa shape index (κ1) is 13.9. The molecule has 0 radical (unpaired) electrons. The largest absolute Gasteiger partial charge is 0.396 e. The molecule has 1 aromatic carbocycles. The summed E-state index contributed by atoms with van der Waals surface area (Å²) < 4.78 is 14.8. The fraction of sp³-hybridized carbons (Fsp3) is 0.538. The minimum Gasteiger partial charge on any atom is -0.396 e. The molecule has 1 nitrogen and oxygen atoms in total. The summed E-state index contributed by atoms with van der Waals surface area (Å²) in [5, 5.41) is 8.65. The van der Waals surface area contributed by atoms with Crippen LogP contribution in [-0.4, -0.2) is 11.7 Å². The lowest BCUT2D eigenvalue weighted by Gasteiger charge is -2.08. The van der Waals surface area contributed by atoms with Gasteiger partial charge in [-0.15, -0.1) is 0 Å². The Morgan fingerprint density at radius 3 is 2.56 bits per heavy atom. The molecular weight excluding hydrogens is 318 g/mol. The zero-order valence-electron chi connectivity index (χ0n) is 9.60. The maximum Gasteiger partial charge on any atom is 0.130 e. The zero-order chi connectivity index (χ0) is 12.0. The van der Waals surface area contributed by atoms with Crippen molar-refractivity contribution in [3.63, 3.8) is 0 Å². The number of unbranched alkanes of at least 4 members (excludes halogenated alkanes) is 3. The predicted octanol–water partition coefficient (Wildman–Crippen LogP) is 3.83. The standard InChI is InChI=1S/C13H18FIO/c1-10-7-8-12(15)11(13(10)14)6-4-2-3-5-9-16/h7-8,16H,2-6,9H2,1H3. The van der Waals surface area contributed by atoms with Crippen LogP contribution in [0.4, 0.5) is 4.39 Å². The molecule has 0 amide bonds. The van der Waals surface area contributed by atoms with Crippen LogP contribution in [-0.2, 0) is 6.42 Å². The summed E-state index contributed by atoms with van der Waals surface area (Å²) in [4.78, 5) is 0. The molecule has 0 bridgehead atoms. The van der Waals surface area contributed by atoms with Crippen LogP contribution in [0, 0.1) is 16.3 Å². The predicted molar refractivity (Wildman–Crippen MR) is 73.1 cm³/mol. The van der Waals surface area contributed by atoms with Crippen LogP contribution in [0.25, 0.3) is 0 Å². The third-order valence-corrected chi connectivity index (χ3v) is 3.72. The Hall–Kier alpha value is -0.160. The van der Waals surface area contributed by atoms with Crippen LogP contribution in [0.3, 0.4) is 0 Å². The molecule has 1 N–H and O–H groups in total. The van der Waals surface area contributed by atoms with E-state index in [1.54, 1.807) is 6.92 Å². The van der Waals surface area contributed by atoms with Crippen molar-refractivity contribution < 1.29 is 9.50 Å². The number of hydrogen-bond donors (Lipinski definition) is 1. The van der Waals surface area contributed by atoms with Gasteiger partial charge in [0.05, 0.1) is 0 Å². The molecule has 0 spiro atoms. The average molecular weight is 336 g/mol. The highest BCUT2D eigenvalue weighted by atomic mass is 127. The fourth-order valence-electron chi connectivity index (χ4n) is 1.71. The van der Waals surface area contributed by atoms with Crippen LogP contribution in [0.15, 0.2) is 12.1 Å². The van der Waals surface area contributed by atoms with Gasteiger partial charge in [-0.1, -0.05) is 18.9 Å². The lowest BCUT2D eigenvalue weighted by atomic mass is 10.0. The van der Waals surface area contributed by atoms with E-state index in [-0.39, 0.29) is 12.4 Å². The topological polar surface area (TPSA) is 20.2 Å². The van der Waals surface area contributed by atoms with Gasteiger partial charge in [-0.2, -0.15) is 0 Å². The SMILES string of the molecule is Cc1ccc(I)c(CCCCCCO)c1F. The summed E-state index contributed by atoms with van der Waals surface area (Å²) in [5.74, 6) is -0.0472. The van der Waals surface area contributed by atoms with Gasteiger partial charge in [0, 0.05) is 15.7 Å². The molecule has 0 fully saturated rings. The highest BCUT2D eigenvalue weighted by Crippen LogP contribution is 2.21. The van der Waals surface area contributed by atoms with E-state index in [9.17, 15) is 4.39 Å². The number of aryl methyl sites for hydroxylation is 1. The number of benzene rings is 1. The maximum atomic E-state index is 13.8. The summed E-state index contributed by atoms with van der Waals surface area (Å²) in [6, 6.07) is 3.80. The fourth-order valence-corrected chi connectivity index (χ4v) is 2.40. The Morgan fingerprint density at radius 1 is 1.19 bits per heavy atom. The number of aliphatic hydroxyl groups excluding tert-OH is 1. The second-order valence-electron chi connectivity index (χ2n) is 4.04. The van der Waals surface area contributed by atoms with Crippen molar-refractivity contribution in [2.45, 2.75) is 39.0 Å². The van der Waals surface area contributed by atoms with Crippen molar-refractivity contribution in [2.24, 2.45) is 0 Å². The number of rotatable bonds is 6. The quantitative estimate of drug-likeness (QED) is 0.618. The number of hydrogen-bond acceptors (Lipinski definition) is 1. The monoisotopic (exact) mass is 336 g/mol. The Bertz CT molecular complexity index is 339. The van der Waals surface area contributed by atoms with Crippen LogP contribution < -0.4 is 0 Å². The van der Waals surface area contributed by atoms with E-state index in [0.29, 0.717) is 0 Å². The van der Waals surface area contributed by atoms with Crippen molar-refractivity contribution >= 4 is 22.6 Å². The summed E-state index contributed by atoms with van der Waals surface area (Å²) in [6.07, 6.45) is 4.74. The summed E-state index contributed by atoms with van der Waals surface area (Å²) in [6.45, 7) is 2.07. The zero-order valence-corrected chi connectivity index (χ0v) is 11.8. The van der Waals surface area contributed by atoms with E-state index in [2.05, 4.69) is 22.6 Å². The second kappa shape index (κ2) is 7.22. The van der Waals surface area contributed by atoms with Gasteiger partial charge in [-0.25, -0.2) is 4.39 Å². The third kappa shape index (κ3) is 4.01. The Balaban J connectivity index is 2.50. The molecular formula is C13H18FIO. The van der Waals surface area contributed by atoms with Crippen molar-refractivity contribution in [2.75, 3.05) is 6.61 Å². The Morgan fingerprint density at radius 2 is 1.88 bits per heavy atom. The second-order valence-corrected chi connectivity index (χ2v) is 5.21. The van der Waals surface area contributed by atoms with Gasteiger partial charge in [0.25, 0.3) is 0 Å². The highest BCUT2D eigenvalue weighted by Gasteiger charge is 2.08. The van der Waals surface area contributed by atoms with Crippen molar-refractivity contribution in [3.8, 4) is 0 Å². The van der Waals surface area contributed by atoms with Gasteiger partial charge in [0.2, 0.25) is 0 Å². The molecule has 0 heterocycles. The van der Waals surface area contributed by atoms with Crippen LogP contribution in [0.5, 0.6) is 0 Å². The van der Waals surface area contributed by atoms with E-state index < -0.39 is 0 Å². The Kier molecular flexibility index (Phi) is 6.28. The molecule has 16 heavy (non-hydrogen) atoms. The van der Waals surface area contributed by atoms with Crippen molar-refractivity contribution in [1.29, 1.82) is 0 Å². The number of halogens is 2. The van der Waals surface area contributed by atoms with Gasteiger partial charge >= 0.3 is 0 Å². The maximum absolute atomic E-state index is 13.8. The molecule has 1 rings (SSSR count). The molecule has 0 atom stereocenters. The lowest BCUT2D eigenvalue weighted by molar-refractivity contribution is 0.282. The lowest BCUT2D eigenvalue weighted by Crippen LogP contribution is -1.98. The molecule has 0 saturated carbocycles. The molecule has 1 aromatic rings. The normalized spacial score (nSPS) is 10.8. The minimum atomic E-state index is -0.0472. The van der Waals surface area contributed by atoms with Crippen molar-refractivity contribution in [1.82, 2.24) is 0 Å². The van der Waals surface area contributed by atoms with Gasteiger partial charge in [-0.3, -0.25) is 0 Å². The minimum absolute atomic E-state index is 0.0472. The summed E-state index contributed by atoms with van der Waals surface area (Å²) in [7, 11) is 0. The smallest absolute Gasteiger partial charge is 0.130 e. The first-order valence-electron chi connectivity index (χ1n) is 5.71. The molecule has 0 aliphatic heterocycles. The number of aliphatic hydroxyl groups is 1. The van der Waals surface area contributed by atoms with Crippen LogP contribution in [0.1, 0.15) is 36.8 Å². The molecule has 0 aromatic heterocycles. The summed E-state index contributed by atoms with van der Waals surface area (Å²) in [5.41, 5.74) is 1.58. The van der Waals surface area contributed by atoms with E-state index >= 15 is 0 Å². The van der Waals surface area contributed by atoms with E-state index in [0.717, 1.165) is 46.8 Å². The first-order chi connectivity index (χ1) is 7.66. The third-order valence-electron chi connectivity index (χ3n) is 2.71. The molecule has 3 heteroatoms. The molecule has 0 aliphatic rings.